The van der Waals surface area contributed by atoms with E-state index in [-0.39, 0.29) is 5.41 Å². The Hall–Kier alpha value is -7.36. The number of hydrogen-bond acceptors (Lipinski definition) is 2. The second-order valence-corrected chi connectivity index (χ2v) is 15.8. The van der Waals surface area contributed by atoms with Crippen LogP contribution in [-0.4, -0.2) is 4.57 Å². The van der Waals surface area contributed by atoms with E-state index in [4.69, 9.17) is 0 Å². The standard InChI is InChI=1S/C55H41N3/c1-55(2)49-32-31-44(35-48(49)47-33-38-19-15-16-20-39(38)34-50(47)55)57(42-25-11-5-12-26-42)52-36-45(56(40-21-7-3-8-22-40)41-23-9-4-10-24-41)37-53-54(52)46-29-17-18-30-51(46)58(53)43-27-13-6-14-28-43/h3-37H,1-2H3. The minimum Gasteiger partial charge on any atom is -0.310 e. The van der Waals surface area contributed by atoms with Crippen LogP contribution in [0.1, 0.15) is 25.0 Å². The van der Waals surface area contributed by atoms with Crippen molar-refractivity contribution in [1.82, 2.24) is 4.57 Å². The van der Waals surface area contributed by atoms with E-state index < -0.39 is 0 Å². The van der Waals surface area contributed by atoms with Gasteiger partial charge in [0.05, 0.1) is 22.4 Å². The molecule has 58 heavy (non-hydrogen) atoms. The highest BCUT2D eigenvalue weighted by atomic mass is 15.2. The van der Waals surface area contributed by atoms with Crippen LogP contribution in [0.15, 0.2) is 212 Å². The van der Waals surface area contributed by atoms with Gasteiger partial charge in [0.25, 0.3) is 0 Å². The van der Waals surface area contributed by atoms with Crippen molar-refractivity contribution in [2.75, 3.05) is 9.80 Å². The molecule has 3 heteroatoms. The molecule has 0 saturated carbocycles. The molecule has 1 aliphatic rings. The molecule has 0 amide bonds. The Kier molecular flexibility index (Phi) is 7.84. The molecule has 0 atom stereocenters. The monoisotopic (exact) mass is 743 g/mol. The summed E-state index contributed by atoms with van der Waals surface area (Å²) in [6.07, 6.45) is 0. The second-order valence-electron chi connectivity index (χ2n) is 15.8. The van der Waals surface area contributed by atoms with E-state index in [2.05, 4.69) is 241 Å². The first-order valence-electron chi connectivity index (χ1n) is 20.1. The Morgan fingerprint density at radius 2 is 0.914 bits per heavy atom. The van der Waals surface area contributed by atoms with Gasteiger partial charge >= 0.3 is 0 Å². The van der Waals surface area contributed by atoms with E-state index in [9.17, 15) is 0 Å². The van der Waals surface area contributed by atoms with Crippen molar-refractivity contribution in [1.29, 1.82) is 0 Å². The minimum absolute atomic E-state index is 0.132. The zero-order chi connectivity index (χ0) is 38.8. The average Bonchev–Trinajstić information content (AvgIpc) is 3.72. The normalized spacial score (nSPS) is 12.8. The van der Waals surface area contributed by atoms with Crippen LogP contribution >= 0.6 is 0 Å². The highest BCUT2D eigenvalue weighted by Crippen LogP contribution is 2.53. The lowest BCUT2D eigenvalue weighted by molar-refractivity contribution is 0.661. The van der Waals surface area contributed by atoms with E-state index in [0.29, 0.717) is 0 Å². The summed E-state index contributed by atoms with van der Waals surface area (Å²) in [7, 11) is 0. The molecular formula is C55H41N3. The van der Waals surface area contributed by atoms with Crippen molar-refractivity contribution in [3.8, 4) is 16.8 Å². The van der Waals surface area contributed by atoms with Gasteiger partial charge in [0.1, 0.15) is 0 Å². The predicted octanol–water partition coefficient (Wildman–Crippen LogP) is 15.2. The zero-order valence-electron chi connectivity index (χ0n) is 32.5. The fourth-order valence-corrected chi connectivity index (χ4v) is 9.39. The number of rotatable bonds is 7. The molecule has 1 heterocycles. The van der Waals surface area contributed by atoms with Crippen LogP contribution < -0.4 is 9.80 Å². The Labute approximate surface area is 339 Å². The molecule has 0 unspecified atom stereocenters. The maximum atomic E-state index is 2.48. The Morgan fingerprint density at radius 3 is 1.57 bits per heavy atom. The van der Waals surface area contributed by atoms with E-state index in [0.717, 1.165) is 50.8 Å². The first-order chi connectivity index (χ1) is 28.5. The topological polar surface area (TPSA) is 11.4 Å². The third kappa shape index (κ3) is 5.35. The largest absolute Gasteiger partial charge is 0.310 e. The minimum atomic E-state index is -0.132. The molecule has 0 aliphatic heterocycles. The number of benzene rings is 9. The van der Waals surface area contributed by atoms with Crippen LogP contribution in [0, 0.1) is 0 Å². The van der Waals surface area contributed by atoms with Crippen molar-refractivity contribution in [2.45, 2.75) is 19.3 Å². The Bertz CT molecular complexity index is 3090. The van der Waals surface area contributed by atoms with Crippen molar-refractivity contribution in [3.63, 3.8) is 0 Å². The molecule has 276 valence electrons. The molecular weight excluding hydrogens is 703 g/mol. The number of para-hydroxylation sites is 5. The van der Waals surface area contributed by atoms with Crippen LogP contribution in [0.2, 0.25) is 0 Å². The molecule has 3 nitrogen and oxygen atoms in total. The third-order valence-electron chi connectivity index (χ3n) is 12.1. The van der Waals surface area contributed by atoms with Crippen molar-refractivity contribution in [3.05, 3.63) is 223 Å². The molecule has 1 aromatic heterocycles. The molecule has 0 bridgehead atoms. The van der Waals surface area contributed by atoms with Gasteiger partial charge in [-0.2, -0.15) is 0 Å². The maximum Gasteiger partial charge on any atom is 0.0583 e. The molecule has 0 radical (unpaired) electrons. The van der Waals surface area contributed by atoms with Gasteiger partial charge in [0.2, 0.25) is 0 Å². The first-order valence-corrected chi connectivity index (χ1v) is 20.1. The zero-order valence-corrected chi connectivity index (χ0v) is 32.5. The van der Waals surface area contributed by atoms with Gasteiger partial charge in [-0.15, -0.1) is 0 Å². The lowest BCUT2D eigenvalue weighted by atomic mass is 9.82. The Balaban J connectivity index is 1.25. The van der Waals surface area contributed by atoms with Gasteiger partial charge < -0.3 is 14.4 Å². The van der Waals surface area contributed by atoms with Gasteiger partial charge in [-0.1, -0.05) is 135 Å². The fraction of sp³-hybridized carbons (Fsp3) is 0.0545. The molecule has 0 spiro atoms. The van der Waals surface area contributed by atoms with Crippen LogP contribution in [0.4, 0.5) is 34.1 Å². The maximum absolute atomic E-state index is 2.48. The van der Waals surface area contributed by atoms with Crippen LogP contribution in [0.5, 0.6) is 0 Å². The van der Waals surface area contributed by atoms with Gasteiger partial charge in [-0.25, -0.2) is 0 Å². The SMILES string of the molecule is CC1(C)c2ccc(N(c3ccccc3)c3cc(N(c4ccccc4)c4ccccc4)cc4c3c3ccccc3n4-c3ccccc3)cc2-c2cc3ccccc3cc21. The fourth-order valence-electron chi connectivity index (χ4n) is 9.39. The summed E-state index contributed by atoms with van der Waals surface area (Å²) in [6.45, 7) is 4.74. The molecule has 0 saturated heterocycles. The molecule has 9 aromatic carbocycles. The first kappa shape index (κ1) is 33.9. The highest BCUT2D eigenvalue weighted by molar-refractivity contribution is 6.18. The molecule has 10 aromatic rings. The van der Waals surface area contributed by atoms with Crippen LogP contribution in [0.3, 0.4) is 0 Å². The smallest absolute Gasteiger partial charge is 0.0583 e. The van der Waals surface area contributed by atoms with E-state index in [1.54, 1.807) is 0 Å². The van der Waals surface area contributed by atoms with E-state index >= 15 is 0 Å². The summed E-state index contributed by atoms with van der Waals surface area (Å²) in [4.78, 5) is 4.86. The lowest BCUT2D eigenvalue weighted by Gasteiger charge is -2.31. The van der Waals surface area contributed by atoms with E-state index in [1.807, 2.05) is 0 Å². The predicted molar refractivity (Wildman–Crippen MR) is 245 cm³/mol. The van der Waals surface area contributed by atoms with Crippen molar-refractivity contribution >= 4 is 66.7 Å². The molecule has 0 N–H and O–H groups in total. The summed E-state index contributed by atoms with van der Waals surface area (Å²) in [5.41, 5.74) is 15.2. The summed E-state index contributed by atoms with van der Waals surface area (Å²) in [5.74, 6) is 0. The van der Waals surface area contributed by atoms with E-state index in [1.165, 1.54) is 43.8 Å². The van der Waals surface area contributed by atoms with Gasteiger partial charge in [-0.3, -0.25) is 0 Å². The summed E-state index contributed by atoms with van der Waals surface area (Å²) >= 11 is 0. The molecule has 0 fully saturated rings. The van der Waals surface area contributed by atoms with Gasteiger partial charge in [-0.05, 0) is 124 Å². The second kappa shape index (κ2) is 13.4. The van der Waals surface area contributed by atoms with Crippen LogP contribution in [0.25, 0.3) is 49.4 Å². The quantitative estimate of drug-likeness (QED) is 0.161. The number of nitrogens with zero attached hydrogens (tertiary/aromatic N) is 3. The Morgan fingerprint density at radius 1 is 0.379 bits per heavy atom. The summed E-state index contributed by atoms with van der Waals surface area (Å²) in [5, 5.41) is 4.94. The highest BCUT2D eigenvalue weighted by Gasteiger charge is 2.36. The average molecular weight is 744 g/mol. The molecule has 1 aliphatic carbocycles. The lowest BCUT2D eigenvalue weighted by Crippen LogP contribution is -2.16. The summed E-state index contributed by atoms with van der Waals surface area (Å²) < 4.78 is 2.43. The molecule has 11 rings (SSSR count). The number of hydrogen-bond donors (Lipinski definition) is 0. The number of anilines is 6. The van der Waals surface area contributed by atoms with Crippen molar-refractivity contribution in [2.24, 2.45) is 0 Å². The number of aromatic nitrogens is 1. The van der Waals surface area contributed by atoms with Gasteiger partial charge in [0.15, 0.2) is 0 Å². The third-order valence-corrected chi connectivity index (χ3v) is 12.1. The summed E-state index contributed by atoms with van der Waals surface area (Å²) in [6, 6.07) is 77.4. The van der Waals surface area contributed by atoms with Crippen molar-refractivity contribution < 1.29 is 0 Å². The van der Waals surface area contributed by atoms with Gasteiger partial charge in [0, 0.05) is 44.6 Å². The van der Waals surface area contributed by atoms with Crippen LogP contribution in [-0.2, 0) is 5.41 Å². The number of fused-ring (bicyclic) bond motifs is 7.